The summed E-state index contributed by atoms with van der Waals surface area (Å²) >= 11 is 1.59. The second-order valence-electron chi connectivity index (χ2n) is 6.85. The zero-order valence-electron chi connectivity index (χ0n) is 16.2. The van der Waals surface area contributed by atoms with Crippen LogP contribution < -0.4 is 4.80 Å². The summed E-state index contributed by atoms with van der Waals surface area (Å²) in [5.74, 6) is 0. The minimum atomic E-state index is 0.838. The number of aryl methyl sites for hydroxylation is 3. The van der Waals surface area contributed by atoms with E-state index in [1.807, 2.05) is 29.2 Å². The molecule has 0 aliphatic rings. The number of rotatable bonds is 4. The van der Waals surface area contributed by atoms with Crippen molar-refractivity contribution in [1.82, 2.24) is 9.66 Å². The number of aromatic nitrogens is 2. The predicted molar refractivity (Wildman–Crippen MR) is 117 cm³/mol. The number of H-pyrrole nitrogens is 1. The summed E-state index contributed by atoms with van der Waals surface area (Å²) in [5, 5.41) is 6.84. The highest BCUT2D eigenvalue weighted by Gasteiger charge is 2.08. The van der Waals surface area contributed by atoms with Gasteiger partial charge in [0.05, 0.1) is 23.3 Å². The van der Waals surface area contributed by atoms with Gasteiger partial charge in [-0.15, -0.1) is 11.3 Å². The second-order valence-corrected chi connectivity index (χ2v) is 7.69. The highest BCUT2D eigenvalue weighted by molar-refractivity contribution is 7.07. The number of nitrogens with one attached hydrogen (secondary N) is 1. The van der Waals surface area contributed by atoms with E-state index in [9.17, 15) is 0 Å². The molecule has 2 aromatic carbocycles. The Labute approximate surface area is 168 Å². The third-order valence-electron chi connectivity index (χ3n) is 4.54. The Kier molecular flexibility index (Phi) is 5.08. The molecule has 0 saturated heterocycles. The molecule has 0 radical (unpaired) electrons. The average molecular weight is 387 g/mol. The van der Waals surface area contributed by atoms with E-state index in [1.54, 1.807) is 11.3 Å². The zero-order chi connectivity index (χ0) is 19.5. The van der Waals surface area contributed by atoms with E-state index in [1.165, 1.54) is 11.1 Å². The average Bonchev–Trinajstić information content (AvgIpc) is 3.33. The molecule has 2 aromatic heterocycles. The first-order valence-electron chi connectivity index (χ1n) is 9.17. The molecule has 1 N–H and O–H groups in total. The van der Waals surface area contributed by atoms with Gasteiger partial charge in [-0.1, -0.05) is 47.5 Å². The minimum absolute atomic E-state index is 0.838. The fourth-order valence-corrected chi connectivity index (χ4v) is 3.84. The van der Waals surface area contributed by atoms with Crippen molar-refractivity contribution >= 4 is 23.2 Å². The first kappa shape index (κ1) is 18.2. The summed E-state index contributed by atoms with van der Waals surface area (Å²) < 4.78 is 1.91. The van der Waals surface area contributed by atoms with Gasteiger partial charge in [0.1, 0.15) is 0 Å². The molecule has 2 heterocycles. The summed E-state index contributed by atoms with van der Waals surface area (Å²) in [7, 11) is 0. The van der Waals surface area contributed by atoms with Crippen molar-refractivity contribution in [2.24, 2.45) is 10.1 Å². The molecule has 0 aliphatic heterocycles. The molecule has 0 bridgehead atoms. The van der Waals surface area contributed by atoms with Crippen LogP contribution in [0.4, 0.5) is 5.69 Å². The maximum absolute atomic E-state index is 4.90. The van der Waals surface area contributed by atoms with Crippen LogP contribution in [0.5, 0.6) is 0 Å². The monoisotopic (exact) mass is 386 g/mol. The molecule has 0 fully saturated rings. The van der Waals surface area contributed by atoms with Crippen molar-refractivity contribution in [2.45, 2.75) is 20.8 Å². The molecule has 5 heteroatoms. The summed E-state index contributed by atoms with van der Waals surface area (Å²) in [6.45, 7) is 6.28. The molecule has 4 aromatic rings. The van der Waals surface area contributed by atoms with E-state index in [0.717, 1.165) is 33.0 Å². The number of nitrogens with zero attached hydrogens (tertiary/aromatic N) is 3. The normalized spacial score (nSPS) is 12.2. The van der Waals surface area contributed by atoms with Crippen LogP contribution in [-0.2, 0) is 0 Å². The van der Waals surface area contributed by atoms with Crippen LogP contribution in [0.2, 0.25) is 0 Å². The van der Waals surface area contributed by atoms with Gasteiger partial charge in [0.25, 0.3) is 0 Å². The van der Waals surface area contributed by atoms with E-state index in [2.05, 4.69) is 73.6 Å². The van der Waals surface area contributed by atoms with Gasteiger partial charge in [0.2, 0.25) is 4.80 Å². The molecule has 0 unspecified atom stereocenters. The quantitative estimate of drug-likeness (QED) is 0.445. The van der Waals surface area contributed by atoms with E-state index in [-0.39, 0.29) is 0 Å². The summed E-state index contributed by atoms with van der Waals surface area (Å²) in [5.41, 5.74) is 7.69. The second kappa shape index (κ2) is 7.82. The van der Waals surface area contributed by atoms with Crippen LogP contribution in [0.25, 0.3) is 11.3 Å². The Hall–Kier alpha value is -3.18. The highest BCUT2D eigenvalue weighted by Crippen LogP contribution is 2.23. The lowest BCUT2D eigenvalue weighted by Crippen LogP contribution is -2.11. The maximum atomic E-state index is 4.90. The molecule has 4 nitrogen and oxygen atoms in total. The molecule has 0 aliphatic carbocycles. The zero-order valence-corrected chi connectivity index (χ0v) is 17.0. The van der Waals surface area contributed by atoms with Gasteiger partial charge >= 0.3 is 0 Å². The lowest BCUT2D eigenvalue weighted by atomic mass is 10.1. The van der Waals surface area contributed by atoms with E-state index in [4.69, 9.17) is 10.1 Å². The van der Waals surface area contributed by atoms with Crippen molar-refractivity contribution in [3.63, 3.8) is 0 Å². The van der Waals surface area contributed by atoms with Gasteiger partial charge in [-0.3, -0.25) is 0 Å². The maximum Gasteiger partial charge on any atom is 0.211 e. The molecule has 28 heavy (non-hydrogen) atoms. The highest BCUT2D eigenvalue weighted by atomic mass is 32.1. The Morgan fingerprint density at radius 1 is 0.964 bits per heavy atom. The topological polar surface area (TPSA) is 45.4 Å². The number of hydrogen-bond acceptors (Lipinski definition) is 3. The number of hydrogen-bond donors (Lipinski definition) is 1. The molecular formula is C23H22N4S. The van der Waals surface area contributed by atoms with E-state index >= 15 is 0 Å². The van der Waals surface area contributed by atoms with Crippen LogP contribution in [-0.4, -0.2) is 15.9 Å². The van der Waals surface area contributed by atoms with Gasteiger partial charge in [0, 0.05) is 17.1 Å². The molecule has 0 amide bonds. The molecule has 0 spiro atoms. The third-order valence-corrected chi connectivity index (χ3v) is 5.35. The standard InChI is InChI=1S/C23H22N4S/c1-16-6-9-19(10-7-16)22-15-28-23(26-21-11-8-17(2)13-18(21)3)27(22)25-14-20-5-4-12-24-20/h4-15,24H,1-3H3. The Balaban J connectivity index is 1.86. The van der Waals surface area contributed by atoms with Gasteiger partial charge in [0.15, 0.2) is 0 Å². The Morgan fingerprint density at radius 3 is 2.46 bits per heavy atom. The molecule has 140 valence electrons. The van der Waals surface area contributed by atoms with E-state index in [0.29, 0.717) is 0 Å². The fraction of sp³-hybridized carbons (Fsp3) is 0.130. The van der Waals surface area contributed by atoms with Crippen LogP contribution in [0.15, 0.2) is 76.3 Å². The largest absolute Gasteiger partial charge is 0.360 e. The third kappa shape index (κ3) is 3.89. The molecule has 0 saturated carbocycles. The summed E-state index contributed by atoms with van der Waals surface area (Å²) in [6.07, 6.45) is 3.72. The Bertz CT molecular complexity index is 1180. The van der Waals surface area contributed by atoms with Gasteiger partial charge in [-0.05, 0) is 44.5 Å². The molecule has 0 atom stereocenters. The van der Waals surface area contributed by atoms with Gasteiger partial charge < -0.3 is 4.98 Å². The van der Waals surface area contributed by atoms with Crippen molar-refractivity contribution in [1.29, 1.82) is 0 Å². The molecule has 4 rings (SSSR count). The fourth-order valence-electron chi connectivity index (χ4n) is 2.99. The van der Waals surface area contributed by atoms with Crippen molar-refractivity contribution in [3.05, 3.63) is 93.4 Å². The number of benzene rings is 2. The van der Waals surface area contributed by atoms with Crippen molar-refractivity contribution in [2.75, 3.05) is 0 Å². The van der Waals surface area contributed by atoms with Crippen LogP contribution >= 0.6 is 11.3 Å². The van der Waals surface area contributed by atoms with Crippen LogP contribution in [0.3, 0.4) is 0 Å². The van der Waals surface area contributed by atoms with Gasteiger partial charge in [-0.25, -0.2) is 9.67 Å². The van der Waals surface area contributed by atoms with Crippen LogP contribution in [0.1, 0.15) is 22.4 Å². The SMILES string of the molecule is Cc1ccc(-c2csc(=Nc3ccc(C)cc3C)n2N=Cc2ccc[nH]2)cc1. The molecular weight excluding hydrogens is 364 g/mol. The van der Waals surface area contributed by atoms with E-state index < -0.39 is 0 Å². The van der Waals surface area contributed by atoms with Crippen LogP contribution in [0, 0.1) is 20.8 Å². The lowest BCUT2D eigenvalue weighted by molar-refractivity contribution is 0.853. The van der Waals surface area contributed by atoms with Gasteiger partial charge in [-0.2, -0.15) is 5.10 Å². The first-order valence-corrected chi connectivity index (χ1v) is 10.1. The number of aromatic amines is 1. The number of thiazole rings is 1. The summed E-state index contributed by atoms with van der Waals surface area (Å²) in [6, 6.07) is 18.7. The summed E-state index contributed by atoms with van der Waals surface area (Å²) in [4.78, 5) is 8.90. The van der Waals surface area contributed by atoms with Crippen molar-refractivity contribution < 1.29 is 0 Å². The smallest absolute Gasteiger partial charge is 0.211 e. The minimum Gasteiger partial charge on any atom is -0.360 e. The Morgan fingerprint density at radius 2 is 1.75 bits per heavy atom. The predicted octanol–water partition coefficient (Wildman–Crippen LogP) is 5.58. The van der Waals surface area contributed by atoms with Crippen molar-refractivity contribution in [3.8, 4) is 11.3 Å². The first-order chi connectivity index (χ1) is 13.6. The lowest BCUT2D eigenvalue weighted by Gasteiger charge is -2.05.